The summed E-state index contributed by atoms with van der Waals surface area (Å²) in [6.07, 6.45) is 0. The molecule has 0 bridgehead atoms. The summed E-state index contributed by atoms with van der Waals surface area (Å²) in [5, 5.41) is 0.253. The molecule has 0 aliphatic heterocycles. The van der Waals surface area contributed by atoms with Gasteiger partial charge in [0, 0.05) is 12.6 Å². The van der Waals surface area contributed by atoms with E-state index in [2.05, 4.69) is 4.98 Å². The van der Waals surface area contributed by atoms with Crippen LogP contribution in [0.3, 0.4) is 0 Å². The number of rotatable bonds is 3. The van der Waals surface area contributed by atoms with Gasteiger partial charge in [-0.3, -0.25) is 4.79 Å². The number of nitrogens with zero attached hydrogens (tertiary/aromatic N) is 2. The fourth-order valence-electron chi connectivity index (χ4n) is 1.91. The number of benzene rings is 1. The van der Waals surface area contributed by atoms with Gasteiger partial charge in [0.05, 0.1) is 6.04 Å². The Morgan fingerprint density at radius 1 is 1.25 bits per heavy atom. The molecule has 0 N–H and O–H groups in total. The van der Waals surface area contributed by atoms with E-state index in [4.69, 9.17) is 11.6 Å². The first-order valence-electron chi connectivity index (χ1n) is 6.15. The lowest BCUT2D eigenvalue weighted by Gasteiger charge is -2.25. The van der Waals surface area contributed by atoms with E-state index in [0.29, 0.717) is 5.56 Å². The molecule has 5 heteroatoms. The van der Waals surface area contributed by atoms with Crippen molar-refractivity contribution in [1.82, 2.24) is 9.88 Å². The smallest absolute Gasteiger partial charge is 0.272 e. The van der Waals surface area contributed by atoms with E-state index in [9.17, 15) is 9.18 Å². The van der Waals surface area contributed by atoms with Crippen molar-refractivity contribution in [3.63, 3.8) is 0 Å². The molecule has 1 aromatic heterocycles. The minimum Gasteiger partial charge on any atom is -0.334 e. The Hall–Kier alpha value is -1.94. The van der Waals surface area contributed by atoms with Crippen LogP contribution in [-0.2, 0) is 0 Å². The molecule has 3 nitrogen and oxygen atoms in total. The predicted octanol–water partition coefficient (Wildman–Crippen LogP) is 3.71. The zero-order valence-corrected chi connectivity index (χ0v) is 11.9. The topological polar surface area (TPSA) is 33.2 Å². The molecule has 0 radical (unpaired) electrons. The lowest BCUT2D eigenvalue weighted by atomic mass is 10.1. The van der Waals surface area contributed by atoms with E-state index in [0.717, 1.165) is 0 Å². The lowest BCUT2D eigenvalue weighted by Crippen LogP contribution is -2.30. The minimum atomic E-state index is -0.399. The SMILES string of the molecule is CC(c1ccccc1F)N(C)C(=O)c1cccc(Cl)n1. The first-order chi connectivity index (χ1) is 9.50. The van der Waals surface area contributed by atoms with Crippen molar-refractivity contribution in [3.05, 3.63) is 64.7 Å². The number of halogens is 2. The number of pyridine rings is 1. The van der Waals surface area contributed by atoms with Crippen molar-refractivity contribution in [2.24, 2.45) is 0 Å². The van der Waals surface area contributed by atoms with Crippen LogP contribution >= 0.6 is 11.6 Å². The summed E-state index contributed by atoms with van der Waals surface area (Å²) in [4.78, 5) is 17.7. The summed E-state index contributed by atoms with van der Waals surface area (Å²) in [6.45, 7) is 1.76. The van der Waals surface area contributed by atoms with Crippen LogP contribution in [-0.4, -0.2) is 22.8 Å². The first kappa shape index (κ1) is 14.5. The monoisotopic (exact) mass is 292 g/mol. The third kappa shape index (κ3) is 2.96. The van der Waals surface area contributed by atoms with Gasteiger partial charge in [-0.2, -0.15) is 0 Å². The van der Waals surface area contributed by atoms with Crippen LogP contribution in [0.2, 0.25) is 5.15 Å². The Bertz CT molecular complexity index is 633. The molecule has 0 saturated carbocycles. The summed E-state index contributed by atoms with van der Waals surface area (Å²) in [5.74, 6) is -0.637. The van der Waals surface area contributed by atoms with Crippen molar-refractivity contribution >= 4 is 17.5 Å². The van der Waals surface area contributed by atoms with Crippen molar-refractivity contribution in [2.45, 2.75) is 13.0 Å². The number of aromatic nitrogens is 1. The molecule has 0 aliphatic rings. The normalized spacial score (nSPS) is 12.0. The molecule has 1 aromatic carbocycles. The molecule has 0 saturated heterocycles. The van der Waals surface area contributed by atoms with Crippen molar-refractivity contribution in [3.8, 4) is 0 Å². The van der Waals surface area contributed by atoms with Gasteiger partial charge in [0.2, 0.25) is 0 Å². The maximum absolute atomic E-state index is 13.8. The molecule has 2 aromatic rings. The average molecular weight is 293 g/mol. The number of hydrogen-bond donors (Lipinski definition) is 0. The molecule has 1 amide bonds. The van der Waals surface area contributed by atoms with Gasteiger partial charge in [-0.25, -0.2) is 9.37 Å². The highest BCUT2D eigenvalue weighted by atomic mass is 35.5. The standard InChI is InChI=1S/C15H14ClFN2O/c1-10(11-6-3-4-7-12(11)17)19(2)15(20)13-8-5-9-14(16)18-13/h3-10H,1-2H3. The number of carbonyl (C=O) groups excluding carboxylic acids is 1. The van der Waals surface area contributed by atoms with Gasteiger partial charge in [-0.1, -0.05) is 35.9 Å². The number of carbonyl (C=O) groups is 1. The van der Waals surface area contributed by atoms with E-state index in [-0.39, 0.29) is 22.6 Å². The molecular weight excluding hydrogens is 279 g/mol. The van der Waals surface area contributed by atoms with Gasteiger partial charge in [-0.15, -0.1) is 0 Å². The zero-order valence-electron chi connectivity index (χ0n) is 11.2. The molecule has 1 heterocycles. The fraction of sp³-hybridized carbons (Fsp3) is 0.200. The average Bonchev–Trinajstić information content (AvgIpc) is 2.45. The lowest BCUT2D eigenvalue weighted by molar-refractivity contribution is 0.0734. The zero-order chi connectivity index (χ0) is 14.7. The van der Waals surface area contributed by atoms with Crippen molar-refractivity contribution < 1.29 is 9.18 Å². The van der Waals surface area contributed by atoms with Crippen LogP contribution in [0.5, 0.6) is 0 Å². The first-order valence-corrected chi connectivity index (χ1v) is 6.52. The summed E-state index contributed by atoms with van der Waals surface area (Å²) in [5.41, 5.74) is 0.702. The van der Waals surface area contributed by atoms with E-state index in [1.54, 1.807) is 50.4 Å². The summed E-state index contributed by atoms with van der Waals surface area (Å²) in [7, 11) is 1.61. The Morgan fingerprint density at radius 3 is 2.60 bits per heavy atom. The molecule has 1 atom stereocenters. The molecule has 1 unspecified atom stereocenters. The molecule has 2 rings (SSSR count). The fourth-order valence-corrected chi connectivity index (χ4v) is 2.07. The predicted molar refractivity (Wildman–Crippen MR) is 76.2 cm³/mol. The highest BCUT2D eigenvalue weighted by molar-refractivity contribution is 6.29. The van der Waals surface area contributed by atoms with Crippen LogP contribution in [0.1, 0.15) is 29.0 Å². The summed E-state index contributed by atoms with van der Waals surface area (Å²) >= 11 is 5.77. The van der Waals surface area contributed by atoms with Crippen LogP contribution in [0.4, 0.5) is 4.39 Å². The molecule has 0 fully saturated rings. The Balaban J connectivity index is 2.25. The third-order valence-electron chi connectivity index (χ3n) is 3.19. The van der Waals surface area contributed by atoms with Crippen LogP contribution < -0.4 is 0 Å². The van der Waals surface area contributed by atoms with E-state index in [1.807, 2.05) is 0 Å². The highest BCUT2D eigenvalue weighted by Crippen LogP contribution is 2.23. The minimum absolute atomic E-state index is 0.239. The highest BCUT2D eigenvalue weighted by Gasteiger charge is 2.21. The molecule has 0 spiro atoms. The second-order valence-electron chi connectivity index (χ2n) is 4.46. The van der Waals surface area contributed by atoms with Crippen LogP contribution in [0.25, 0.3) is 0 Å². The quantitative estimate of drug-likeness (QED) is 0.808. The van der Waals surface area contributed by atoms with Gasteiger partial charge in [0.25, 0.3) is 5.91 Å². The molecule has 0 aliphatic carbocycles. The van der Waals surface area contributed by atoms with Gasteiger partial charge in [0.15, 0.2) is 0 Å². The van der Waals surface area contributed by atoms with Gasteiger partial charge < -0.3 is 4.90 Å². The van der Waals surface area contributed by atoms with Crippen LogP contribution in [0.15, 0.2) is 42.5 Å². The van der Waals surface area contributed by atoms with Gasteiger partial charge >= 0.3 is 0 Å². The Labute approximate surface area is 122 Å². The largest absolute Gasteiger partial charge is 0.334 e. The molecular formula is C15H14ClFN2O. The second kappa shape index (κ2) is 6.01. The van der Waals surface area contributed by atoms with Crippen LogP contribution in [0, 0.1) is 5.82 Å². The summed E-state index contributed by atoms with van der Waals surface area (Å²) in [6, 6.07) is 10.8. The second-order valence-corrected chi connectivity index (χ2v) is 4.85. The van der Waals surface area contributed by atoms with Gasteiger partial charge in [-0.05, 0) is 25.1 Å². The maximum atomic E-state index is 13.8. The van der Waals surface area contributed by atoms with E-state index >= 15 is 0 Å². The van der Waals surface area contributed by atoms with Gasteiger partial charge in [0.1, 0.15) is 16.7 Å². The van der Waals surface area contributed by atoms with Crippen molar-refractivity contribution in [1.29, 1.82) is 0 Å². The molecule has 20 heavy (non-hydrogen) atoms. The Kier molecular flexibility index (Phi) is 4.35. The maximum Gasteiger partial charge on any atom is 0.272 e. The third-order valence-corrected chi connectivity index (χ3v) is 3.40. The van der Waals surface area contributed by atoms with E-state index < -0.39 is 6.04 Å². The number of hydrogen-bond acceptors (Lipinski definition) is 2. The van der Waals surface area contributed by atoms with E-state index in [1.165, 1.54) is 11.0 Å². The Morgan fingerprint density at radius 2 is 1.95 bits per heavy atom. The van der Waals surface area contributed by atoms with Crippen molar-refractivity contribution in [2.75, 3.05) is 7.05 Å². The number of amides is 1. The summed E-state index contributed by atoms with van der Waals surface area (Å²) < 4.78 is 13.8. The molecule has 104 valence electrons.